The van der Waals surface area contributed by atoms with E-state index >= 15 is 0 Å². The van der Waals surface area contributed by atoms with Gasteiger partial charge in [-0.2, -0.15) is 0 Å². The summed E-state index contributed by atoms with van der Waals surface area (Å²) in [5.41, 5.74) is -0.522. The van der Waals surface area contributed by atoms with Gasteiger partial charge in [0.2, 0.25) is 0 Å². The Morgan fingerprint density at radius 1 is 1.30 bits per heavy atom. The predicted molar refractivity (Wildman–Crippen MR) is 85.8 cm³/mol. The van der Waals surface area contributed by atoms with E-state index < -0.39 is 17.7 Å². The third kappa shape index (κ3) is 4.66. The van der Waals surface area contributed by atoms with Crippen LogP contribution in [-0.2, 0) is 4.74 Å². The first-order valence-electron chi connectivity index (χ1n) is 7.70. The fourth-order valence-corrected chi connectivity index (χ4v) is 2.46. The minimum Gasteiger partial charge on any atom is -0.478 e. The Morgan fingerprint density at radius 2 is 1.96 bits per heavy atom. The Labute approximate surface area is 135 Å². The average molecular weight is 321 g/mol. The van der Waals surface area contributed by atoms with Crippen LogP contribution in [-0.4, -0.2) is 46.9 Å². The van der Waals surface area contributed by atoms with E-state index in [1.54, 1.807) is 6.07 Å². The number of ether oxygens (including phenoxy) is 1. The number of carbonyl (C=O) groups excluding carboxylic acids is 1. The number of nitrogens with one attached hydrogen (secondary N) is 1. The number of piperidine rings is 1. The molecule has 2 N–H and O–H groups in total. The van der Waals surface area contributed by atoms with Gasteiger partial charge in [-0.15, -0.1) is 0 Å². The Bertz CT molecular complexity index is 560. The molecule has 23 heavy (non-hydrogen) atoms. The molecule has 7 nitrogen and oxygen atoms in total. The Kier molecular flexibility index (Phi) is 5.20. The van der Waals surface area contributed by atoms with Gasteiger partial charge in [0.15, 0.2) is 0 Å². The number of aromatic nitrogens is 1. The summed E-state index contributed by atoms with van der Waals surface area (Å²) in [4.78, 5) is 29.2. The first-order chi connectivity index (χ1) is 10.8. The van der Waals surface area contributed by atoms with E-state index in [4.69, 9.17) is 9.84 Å². The third-order valence-corrected chi connectivity index (χ3v) is 3.51. The highest BCUT2D eigenvalue weighted by Crippen LogP contribution is 2.23. The molecule has 0 spiro atoms. The number of amides is 1. The van der Waals surface area contributed by atoms with Crippen LogP contribution in [0.2, 0.25) is 0 Å². The molecule has 0 bridgehead atoms. The second kappa shape index (κ2) is 6.95. The van der Waals surface area contributed by atoms with Gasteiger partial charge in [0.25, 0.3) is 0 Å². The lowest BCUT2D eigenvalue weighted by atomic mass is 10.1. The van der Waals surface area contributed by atoms with Crippen LogP contribution >= 0.6 is 0 Å². The van der Waals surface area contributed by atoms with Gasteiger partial charge in [-0.3, -0.25) is 4.90 Å². The van der Waals surface area contributed by atoms with Crippen molar-refractivity contribution in [3.05, 3.63) is 23.9 Å². The fraction of sp³-hybridized carbons (Fsp3) is 0.562. The number of carbonyl (C=O) groups is 2. The second-order valence-electron chi connectivity index (χ2n) is 6.54. The van der Waals surface area contributed by atoms with Crippen LogP contribution < -0.4 is 10.2 Å². The number of aromatic carboxylic acids is 1. The maximum atomic E-state index is 12.6. The molecule has 1 saturated heterocycles. The highest BCUT2D eigenvalue weighted by Gasteiger charge is 2.31. The SMILES string of the molecule is CC(C)(C)OC(=O)N(c1ccc(C(=O)O)cn1)C1CCNCC1. The van der Waals surface area contributed by atoms with Gasteiger partial charge in [0.05, 0.1) is 5.56 Å². The summed E-state index contributed by atoms with van der Waals surface area (Å²) in [7, 11) is 0. The molecule has 1 aromatic heterocycles. The van der Waals surface area contributed by atoms with E-state index in [0.29, 0.717) is 5.82 Å². The van der Waals surface area contributed by atoms with Gasteiger partial charge in [0.1, 0.15) is 11.4 Å². The lowest BCUT2D eigenvalue weighted by Gasteiger charge is -2.35. The Balaban J connectivity index is 2.28. The molecular formula is C16H23N3O4. The molecule has 0 aromatic carbocycles. The summed E-state index contributed by atoms with van der Waals surface area (Å²) in [6, 6.07) is 2.98. The van der Waals surface area contributed by atoms with Gasteiger partial charge >= 0.3 is 12.1 Å². The quantitative estimate of drug-likeness (QED) is 0.887. The van der Waals surface area contributed by atoms with E-state index in [-0.39, 0.29) is 11.6 Å². The number of carboxylic acids is 1. The number of anilines is 1. The van der Waals surface area contributed by atoms with Crippen molar-refractivity contribution in [2.45, 2.75) is 45.3 Å². The summed E-state index contributed by atoms with van der Waals surface area (Å²) in [5, 5.41) is 12.2. The number of hydrogen-bond donors (Lipinski definition) is 2. The van der Waals surface area contributed by atoms with Crippen LogP contribution in [0.4, 0.5) is 10.6 Å². The molecule has 126 valence electrons. The van der Waals surface area contributed by atoms with Crippen molar-refractivity contribution in [1.29, 1.82) is 0 Å². The minimum absolute atomic E-state index is 0.0192. The number of hydrogen-bond acceptors (Lipinski definition) is 5. The molecule has 1 fully saturated rings. The molecule has 7 heteroatoms. The largest absolute Gasteiger partial charge is 0.478 e. The Hall–Kier alpha value is -2.15. The highest BCUT2D eigenvalue weighted by atomic mass is 16.6. The van der Waals surface area contributed by atoms with E-state index in [0.717, 1.165) is 25.9 Å². The fourth-order valence-electron chi connectivity index (χ4n) is 2.46. The lowest BCUT2D eigenvalue weighted by molar-refractivity contribution is 0.0557. The van der Waals surface area contributed by atoms with Crippen LogP contribution in [0.1, 0.15) is 44.0 Å². The predicted octanol–water partition coefficient (Wildman–Crippen LogP) is 2.27. The summed E-state index contributed by atoms with van der Waals surface area (Å²) in [6.07, 6.45) is 2.39. The molecule has 0 aliphatic carbocycles. The molecule has 1 amide bonds. The van der Waals surface area contributed by atoms with Gasteiger partial charge < -0.3 is 15.2 Å². The van der Waals surface area contributed by atoms with E-state index in [1.165, 1.54) is 17.2 Å². The number of nitrogens with zero attached hydrogens (tertiary/aromatic N) is 2. The van der Waals surface area contributed by atoms with Gasteiger partial charge in [-0.05, 0) is 58.8 Å². The van der Waals surface area contributed by atoms with Gasteiger partial charge in [-0.1, -0.05) is 0 Å². The van der Waals surface area contributed by atoms with Crippen LogP contribution in [0.3, 0.4) is 0 Å². The highest BCUT2D eigenvalue weighted by molar-refractivity contribution is 5.90. The molecule has 1 aliphatic heterocycles. The molecule has 0 atom stereocenters. The van der Waals surface area contributed by atoms with Crippen molar-refractivity contribution in [3.8, 4) is 0 Å². The van der Waals surface area contributed by atoms with Crippen LogP contribution in [0.25, 0.3) is 0 Å². The molecule has 2 heterocycles. The number of pyridine rings is 1. The van der Waals surface area contributed by atoms with Crippen LogP contribution in [0, 0.1) is 0 Å². The van der Waals surface area contributed by atoms with Crippen LogP contribution in [0.15, 0.2) is 18.3 Å². The average Bonchev–Trinajstić information content (AvgIpc) is 2.47. The van der Waals surface area contributed by atoms with Crippen molar-refractivity contribution >= 4 is 17.9 Å². The van der Waals surface area contributed by atoms with Crippen molar-refractivity contribution in [1.82, 2.24) is 10.3 Å². The van der Waals surface area contributed by atoms with Crippen molar-refractivity contribution in [3.63, 3.8) is 0 Å². The lowest BCUT2D eigenvalue weighted by Crippen LogP contribution is -2.48. The zero-order chi connectivity index (χ0) is 17.0. The third-order valence-electron chi connectivity index (χ3n) is 3.51. The maximum absolute atomic E-state index is 12.6. The van der Waals surface area contributed by atoms with E-state index in [1.807, 2.05) is 20.8 Å². The molecule has 0 radical (unpaired) electrons. The van der Waals surface area contributed by atoms with Crippen molar-refractivity contribution in [2.24, 2.45) is 0 Å². The minimum atomic E-state index is -1.05. The monoisotopic (exact) mass is 321 g/mol. The topological polar surface area (TPSA) is 91.8 Å². The first-order valence-corrected chi connectivity index (χ1v) is 7.70. The second-order valence-corrected chi connectivity index (χ2v) is 6.54. The first kappa shape index (κ1) is 17.2. The number of rotatable bonds is 3. The van der Waals surface area contributed by atoms with Crippen molar-refractivity contribution in [2.75, 3.05) is 18.0 Å². The van der Waals surface area contributed by atoms with Gasteiger partial charge in [-0.25, -0.2) is 14.6 Å². The maximum Gasteiger partial charge on any atom is 0.416 e. The zero-order valence-electron chi connectivity index (χ0n) is 13.7. The van der Waals surface area contributed by atoms with E-state index in [2.05, 4.69) is 10.3 Å². The van der Waals surface area contributed by atoms with Crippen molar-refractivity contribution < 1.29 is 19.4 Å². The normalized spacial score (nSPS) is 16.0. The number of carboxylic acid groups (broad SMARTS) is 1. The molecule has 1 aliphatic rings. The summed E-state index contributed by atoms with van der Waals surface area (Å²) >= 11 is 0. The summed E-state index contributed by atoms with van der Waals surface area (Å²) in [6.45, 7) is 7.07. The molecule has 1 aromatic rings. The zero-order valence-corrected chi connectivity index (χ0v) is 13.7. The van der Waals surface area contributed by atoms with Crippen LogP contribution in [0.5, 0.6) is 0 Å². The molecular weight excluding hydrogens is 298 g/mol. The summed E-state index contributed by atoms with van der Waals surface area (Å²) < 4.78 is 5.50. The Morgan fingerprint density at radius 3 is 2.43 bits per heavy atom. The summed E-state index contributed by atoms with van der Waals surface area (Å²) in [5.74, 6) is -0.633. The van der Waals surface area contributed by atoms with Gasteiger partial charge in [0, 0.05) is 12.2 Å². The standard InChI is InChI=1S/C16H23N3O4/c1-16(2,3)23-15(22)19(12-6-8-17-9-7-12)13-5-4-11(10-18-13)14(20)21/h4-5,10,12,17H,6-9H2,1-3H3,(H,20,21). The smallest absolute Gasteiger partial charge is 0.416 e. The molecule has 0 unspecified atom stereocenters. The molecule has 0 saturated carbocycles. The van der Waals surface area contributed by atoms with E-state index in [9.17, 15) is 9.59 Å². The molecule has 2 rings (SSSR count).